The number of nitrogens with one attached hydrogen (secondary N) is 2. The van der Waals surface area contributed by atoms with Crippen molar-refractivity contribution in [2.75, 3.05) is 30.3 Å². The van der Waals surface area contributed by atoms with Gasteiger partial charge in [-0.05, 0) is 39.5 Å². The standard InChI is InChI=1S/C21H27N9O3/c1-21(2,3)33-20(32)30-6-4-5-13(12-30)9-25-15-7-16(28-29-18(15)19(23)31)27-17-11-24-14(8-22)10-26-17/h7,10-11,13H,4-6,9,12H2,1-3H3,(H2,23,31)(H2,25,26,27,28). The zero-order valence-corrected chi connectivity index (χ0v) is 18.8. The second-order valence-corrected chi connectivity index (χ2v) is 8.70. The van der Waals surface area contributed by atoms with E-state index in [1.165, 1.54) is 12.4 Å². The van der Waals surface area contributed by atoms with Crippen LogP contribution in [-0.4, -0.2) is 62.3 Å². The Bertz CT molecular complexity index is 1040. The van der Waals surface area contributed by atoms with Crippen molar-refractivity contribution in [3.8, 4) is 6.07 Å². The lowest BCUT2D eigenvalue weighted by molar-refractivity contribution is 0.0172. The van der Waals surface area contributed by atoms with E-state index in [1.54, 1.807) is 11.0 Å². The molecule has 0 bridgehead atoms. The molecule has 1 aliphatic rings. The molecule has 4 N–H and O–H groups in total. The van der Waals surface area contributed by atoms with E-state index in [4.69, 9.17) is 15.7 Å². The fourth-order valence-corrected chi connectivity index (χ4v) is 3.33. The Labute approximate surface area is 191 Å². The van der Waals surface area contributed by atoms with Gasteiger partial charge in [0, 0.05) is 25.7 Å². The molecule has 12 heteroatoms. The maximum atomic E-state index is 12.4. The number of carbonyl (C=O) groups is 2. The van der Waals surface area contributed by atoms with Gasteiger partial charge in [-0.25, -0.2) is 14.8 Å². The minimum absolute atomic E-state index is 0.00581. The molecule has 2 amide bonds. The second-order valence-electron chi connectivity index (χ2n) is 8.70. The zero-order chi connectivity index (χ0) is 24.0. The molecular weight excluding hydrogens is 426 g/mol. The van der Waals surface area contributed by atoms with Gasteiger partial charge in [0.2, 0.25) is 0 Å². The summed E-state index contributed by atoms with van der Waals surface area (Å²) in [6, 6.07) is 3.49. The number of piperidine rings is 1. The Morgan fingerprint density at radius 3 is 2.70 bits per heavy atom. The third-order valence-electron chi connectivity index (χ3n) is 4.80. The predicted molar refractivity (Wildman–Crippen MR) is 120 cm³/mol. The van der Waals surface area contributed by atoms with E-state index < -0.39 is 11.5 Å². The van der Waals surface area contributed by atoms with Gasteiger partial charge in [-0.15, -0.1) is 10.2 Å². The van der Waals surface area contributed by atoms with Gasteiger partial charge in [0.15, 0.2) is 17.2 Å². The van der Waals surface area contributed by atoms with Gasteiger partial charge in [0.1, 0.15) is 17.5 Å². The molecule has 2 aromatic heterocycles. The predicted octanol–water partition coefficient (Wildman–Crippen LogP) is 2.04. The number of primary amides is 1. The number of hydrogen-bond donors (Lipinski definition) is 3. The highest BCUT2D eigenvalue weighted by Crippen LogP contribution is 2.23. The van der Waals surface area contributed by atoms with Gasteiger partial charge >= 0.3 is 6.09 Å². The first-order chi connectivity index (χ1) is 15.6. The largest absolute Gasteiger partial charge is 0.444 e. The lowest BCUT2D eigenvalue weighted by atomic mass is 9.98. The molecule has 0 radical (unpaired) electrons. The number of aromatic nitrogens is 4. The van der Waals surface area contributed by atoms with Crippen LogP contribution in [0.4, 0.5) is 22.1 Å². The van der Waals surface area contributed by atoms with Crippen molar-refractivity contribution >= 4 is 29.3 Å². The molecule has 0 aromatic carbocycles. The smallest absolute Gasteiger partial charge is 0.410 e. The maximum Gasteiger partial charge on any atom is 0.410 e. The van der Waals surface area contributed by atoms with Gasteiger partial charge in [-0.3, -0.25) is 4.79 Å². The van der Waals surface area contributed by atoms with Crippen molar-refractivity contribution < 1.29 is 14.3 Å². The van der Waals surface area contributed by atoms with E-state index in [0.717, 1.165) is 12.8 Å². The first-order valence-electron chi connectivity index (χ1n) is 10.5. The normalized spacial score (nSPS) is 15.9. The van der Waals surface area contributed by atoms with Crippen molar-refractivity contribution in [2.45, 2.75) is 39.2 Å². The van der Waals surface area contributed by atoms with Crippen LogP contribution in [0, 0.1) is 17.2 Å². The molecule has 2 aromatic rings. The summed E-state index contributed by atoms with van der Waals surface area (Å²) in [6.07, 6.45) is 4.16. The lowest BCUT2D eigenvalue weighted by Crippen LogP contribution is -2.44. The van der Waals surface area contributed by atoms with Crippen LogP contribution in [0.15, 0.2) is 18.5 Å². The average molecular weight is 454 g/mol. The van der Waals surface area contributed by atoms with E-state index in [-0.39, 0.29) is 23.4 Å². The number of likely N-dealkylation sites (tertiary alicyclic amines) is 1. The summed E-state index contributed by atoms with van der Waals surface area (Å²) < 4.78 is 5.48. The Hall–Kier alpha value is -4.01. The van der Waals surface area contributed by atoms with Gasteiger partial charge < -0.3 is 26.0 Å². The van der Waals surface area contributed by atoms with Gasteiger partial charge in [0.05, 0.1) is 18.1 Å². The van der Waals surface area contributed by atoms with Crippen LogP contribution in [0.25, 0.3) is 0 Å². The van der Waals surface area contributed by atoms with E-state index in [1.807, 2.05) is 26.8 Å². The molecule has 1 atom stereocenters. The van der Waals surface area contributed by atoms with E-state index >= 15 is 0 Å². The number of nitrogens with two attached hydrogens (primary N) is 1. The number of anilines is 3. The topological polar surface area (TPSA) is 172 Å². The van der Waals surface area contributed by atoms with Crippen LogP contribution >= 0.6 is 0 Å². The number of nitrogens with zero attached hydrogens (tertiary/aromatic N) is 6. The molecule has 12 nitrogen and oxygen atoms in total. The summed E-state index contributed by atoms with van der Waals surface area (Å²) in [5.74, 6) is 0.122. The Balaban J connectivity index is 1.67. The van der Waals surface area contributed by atoms with Crippen LogP contribution < -0.4 is 16.4 Å². The Morgan fingerprint density at radius 2 is 2.06 bits per heavy atom. The van der Waals surface area contributed by atoms with Crippen molar-refractivity contribution in [2.24, 2.45) is 11.7 Å². The van der Waals surface area contributed by atoms with Crippen LogP contribution in [0.2, 0.25) is 0 Å². The van der Waals surface area contributed by atoms with Gasteiger partial charge in [-0.1, -0.05) is 0 Å². The average Bonchev–Trinajstić information content (AvgIpc) is 2.77. The molecule has 1 aliphatic heterocycles. The molecule has 1 unspecified atom stereocenters. The number of hydrogen-bond acceptors (Lipinski definition) is 10. The van der Waals surface area contributed by atoms with Crippen molar-refractivity contribution in [1.29, 1.82) is 5.26 Å². The van der Waals surface area contributed by atoms with E-state index in [2.05, 4.69) is 30.8 Å². The maximum absolute atomic E-state index is 12.4. The number of ether oxygens (including phenoxy) is 1. The third-order valence-corrected chi connectivity index (χ3v) is 4.80. The lowest BCUT2D eigenvalue weighted by Gasteiger charge is -2.34. The van der Waals surface area contributed by atoms with Gasteiger partial charge in [0.25, 0.3) is 5.91 Å². The number of rotatable bonds is 6. The van der Waals surface area contributed by atoms with E-state index in [9.17, 15) is 9.59 Å². The van der Waals surface area contributed by atoms with Crippen molar-refractivity contribution in [3.05, 3.63) is 29.8 Å². The monoisotopic (exact) mass is 453 g/mol. The third kappa shape index (κ3) is 6.73. The molecule has 0 aliphatic carbocycles. The molecule has 174 valence electrons. The van der Waals surface area contributed by atoms with Crippen LogP contribution in [0.3, 0.4) is 0 Å². The van der Waals surface area contributed by atoms with Crippen molar-refractivity contribution in [3.63, 3.8) is 0 Å². The fourth-order valence-electron chi connectivity index (χ4n) is 3.33. The van der Waals surface area contributed by atoms with Crippen LogP contribution in [0.5, 0.6) is 0 Å². The second kappa shape index (κ2) is 10.1. The summed E-state index contributed by atoms with van der Waals surface area (Å²) in [5, 5.41) is 22.8. The van der Waals surface area contributed by atoms with Crippen LogP contribution in [0.1, 0.15) is 49.8 Å². The number of nitriles is 1. The summed E-state index contributed by atoms with van der Waals surface area (Å²) >= 11 is 0. The molecule has 33 heavy (non-hydrogen) atoms. The minimum Gasteiger partial charge on any atom is -0.444 e. The SMILES string of the molecule is CC(C)(C)OC(=O)N1CCCC(CNc2cc(Nc3cnc(C#N)cn3)nnc2C(N)=O)C1. The highest BCUT2D eigenvalue weighted by Gasteiger charge is 2.28. The first kappa shape index (κ1) is 23.6. The highest BCUT2D eigenvalue weighted by atomic mass is 16.6. The summed E-state index contributed by atoms with van der Waals surface area (Å²) in [5.41, 5.74) is 5.51. The molecule has 0 spiro atoms. The molecule has 3 rings (SSSR count). The molecule has 3 heterocycles. The Morgan fingerprint density at radius 1 is 1.27 bits per heavy atom. The summed E-state index contributed by atoms with van der Waals surface area (Å²) in [6.45, 7) is 7.20. The molecule has 0 saturated carbocycles. The molecule has 1 fully saturated rings. The summed E-state index contributed by atoms with van der Waals surface area (Å²) in [7, 11) is 0. The fraction of sp³-hybridized carbons (Fsp3) is 0.476. The molecular formula is C21H27N9O3. The Kier molecular flexibility index (Phi) is 7.22. The summed E-state index contributed by atoms with van der Waals surface area (Å²) in [4.78, 5) is 33.9. The van der Waals surface area contributed by atoms with Gasteiger partial charge in [-0.2, -0.15) is 5.26 Å². The minimum atomic E-state index is -0.714. The highest BCUT2D eigenvalue weighted by molar-refractivity contribution is 5.96. The van der Waals surface area contributed by atoms with E-state index in [0.29, 0.717) is 37.0 Å². The van der Waals surface area contributed by atoms with Crippen LogP contribution in [-0.2, 0) is 4.74 Å². The molecule has 1 saturated heterocycles. The number of carbonyl (C=O) groups excluding carboxylic acids is 2. The number of amides is 2. The first-order valence-corrected chi connectivity index (χ1v) is 10.5. The zero-order valence-electron chi connectivity index (χ0n) is 18.8. The quantitative estimate of drug-likeness (QED) is 0.587. The van der Waals surface area contributed by atoms with Crippen molar-refractivity contribution in [1.82, 2.24) is 25.1 Å².